The number of oxime groups is 1. The number of nitrogens with one attached hydrogen (secondary N) is 1. The van der Waals surface area contributed by atoms with Crippen LogP contribution in [0.1, 0.15) is 25.7 Å². The largest absolute Gasteiger partial charge is 0.409 e. The second kappa shape index (κ2) is 4.50. The molecule has 0 radical (unpaired) electrons. The summed E-state index contributed by atoms with van der Waals surface area (Å²) in [5, 5.41) is 11.2. The molecule has 0 saturated heterocycles. The van der Waals surface area contributed by atoms with E-state index >= 15 is 0 Å². The molecule has 0 unspecified atom stereocenters. The van der Waals surface area contributed by atoms with Crippen LogP contribution in [0.15, 0.2) is 5.16 Å². The highest BCUT2D eigenvalue weighted by molar-refractivity contribution is 7.89. The molecule has 16 heavy (non-hydrogen) atoms. The molecule has 0 aliphatic heterocycles. The van der Waals surface area contributed by atoms with E-state index in [2.05, 4.69) is 5.16 Å². The highest BCUT2D eigenvalue weighted by Gasteiger charge is 2.44. The lowest BCUT2D eigenvalue weighted by molar-refractivity contribution is 0.229. The van der Waals surface area contributed by atoms with Gasteiger partial charge in [0.05, 0.1) is 5.54 Å². The van der Waals surface area contributed by atoms with E-state index in [9.17, 15) is 17.2 Å². The van der Waals surface area contributed by atoms with Crippen molar-refractivity contribution in [3.63, 3.8) is 0 Å². The monoisotopic (exact) mass is 257 g/mol. The van der Waals surface area contributed by atoms with Crippen molar-refractivity contribution in [2.45, 2.75) is 37.0 Å². The molecule has 0 spiro atoms. The summed E-state index contributed by atoms with van der Waals surface area (Å²) in [7, 11) is -4.75. The van der Waals surface area contributed by atoms with Crippen molar-refractivity contribution in [3.8, 4) is 0 Å². The molecule has 0 heterocycles. The Labute approximate surface area is 91.5 Å². The van der Waals surface area contributed by atoms with Crippen molar-refractivity contribution in [3.05, 3.63) is 0 Å². The fraction of sp³-hybridized carbons (Fsp3) is 0.857. The van der Waals surface area contributed by atoms with Gasteiger partial charge in [-0.15, -0.1) is 0 Å². The van der Waals surface area contributed by atoms with E-state index in [-0.39, 0.29) is 18.7 Å². The Hall–Kier alpha value is -0.960. The number of alkyl halides is 2. The minimum Gasteiger partial charge on any atom is -0.409 e. The average Bonchev–Trinajstić information content (AvgIpc) is 2.65. The van der Waals surface area contributed by atoms with Crippen LogP contribution < -0.4 is 10.5 Å². The molecule has 1 aliphatic carbocycles. The van der Waals surface area contributed by atoms with Crippen LogP contribution in [-0.4, -0.2) is 30.8 Å². The number of nitrogens with two attached hydrogens (primary N) is 1. The van der Waals surface area contributed by atoms with Gasteiger partial charge in [-0.1, -0.05) is 18.0 Å². The van der Waals surface area contributed by atoms with E-state index in [0.717, 1.165) is 0 Å². The Bertz CT molecular complexity index is 376. The summed E-state index contributed by atoms with van der Waals surface area (Å²) < 4.78 is 48.4. The number of amidine groups is 1. The number of hydrogen-bond acceptors (Lipinski definition) is 4. The van der Waals surface area contributed by atoms with Gasteiger partial charge in [-0.25, -0.2) is 8.42 Å². The van der Waals surface area contributed by atoms with Crippen LogP contribution in [0.2, 0.25) is 0 Å². The maximum atomic E-state index is 12.2. The zero-order valence-corrected chi connectivity index (χ0v) is 9.17. The standard InChI is InChI=1S/C7H13F2N3O3S/c8-6(9)16(14,15)12-7(5(10)11-13)3-1-2-4-7/h6,12-13H,1-4H2,(H2,10,11). The quantitative estimate of drug-likeness (QED) is 0.289. The first kappa shape index (κ1) is 13.1. The van der Waals surface area contributed by atoms with Gasteiger partial charge in [0.2, 0.25) is 0 Å². The van der Waals surface area contributed by atoms with E-state index in [0.29, 0.717) is 12.8 Å². The zero-order valence-electron chi connectivity index (χ0n) is 8.36. The molecule has 0 amide bonds. The van der Waals surface area contributed by atoms with Gasteiger partial charge in [-0.3, -0.25) is 0 Å². The molecular weight excluding hydrogens is 244 g/mol. The summed E-state index contributed by atoms with van der Waals surface area (Å²) >= 11 is 0. The topological polar surface area (TPSA) is 105 Å². The molecule has 94 valence electrons. The normalized spacial score (nSPS) is 21.6. The highest BCUT2D eigenvalue weighted by Crippen LogP contribution is 2.31. The summed E-state index contributed by atoms with van der Waals surface area (Å²) in [5.74, 6) is -3.91. The molecule has 0 atom stereocenters. The predicted molar refractivity (Wildman–Crippen MR) is 52.7 cm³/mol. The first-order chi connectivity index (χ1) is 7.34. The Morgan fingerprint density at radius 1 is 1.44 bits per heavy atom. The number of halogens is 2. The molecule has 1 aliphatic rings. The second-order valence-electron chi connectivity index (χ2n) is 3.68. The number of sulfonamides is 1. The summed E-state index contributed by atoms with van der Waals surface area (Å²) in [6.07, 6.45) is 1.74. The van der Waals surface area contributed by atoms with Crippen LogP contribution >= 0.6 is 0 Å². The van der Waals surface area contributed by atoms with Crippen molar-refractivity contribution in [2.75, 3.05) is 0 Å². The van der Waals surface area contributed by atoms with E-state index in [1.165, 1.54) is 0 Å². The lowest BCUT2D eigenvalue weighted by Crippen LogP contribution is -2.56. The SMILES string of the molecule is N/C(=N/O)C1(NS(=O)(=O)C(F)F)CCCC1. The van der Waals surface area contributed by atoms with E-state index in [1.807, 2.05) is 4.72 Å². The molecule has 6 nitrogen and oxygen atoms in total. The van der Waals surface area contributed by atoms with E-state index in [4.69, 9.17) is 10.9 Å². The molecule has 1 rings (SSSR count). The molecule has 1 saturated carbocycles. The molecule has 0 aromatic heterocycles. The van der Waals surface area contributed by atoms with Crippen LogP contribution in [0.5, 0.6) is 0 Å². The second-order valence-corrected chi connectivity index (χ2v) is 5.33. The number of hydrogen-bond donors (Lipinski definition) is 3. The lowest BCUT2D eigenvalue weighted by atomic mass is 9.98. The van der Waals surface area contributed by atoms with Crippen molar-refractivity contribution in [1.29, 1.82) is 0 Å². The van der Waals surface area contributed by atoms with Gasteiger partial charge in [0.25, 0.3) is 10.0 Å². The molecule has 0 bridgehead atoms. The fourth-order valence-electron chi connectivity index (χ4n) is 1.80. The van der Waals surface area contributed by atoms with Crippen molar-refractivity contribution in [2.24, 2.45) is 10.9 Å². The third kappa shape index (κ3) is 2.40. The van der Waals surface area contributed by atoms with Gasteiger partial charge in [0.1, 0.15) is 0 Å². The maximum absolute atomic E-state index is 12.2. The molecule has 4 N–H and O–H groups in total. The Morgan fingerprint density at radius 3 is 2.31 bits per heavy atom. The van der Waals surface area contributed by atoms with Crippen LogP contribution in [0.3, 0.4) is 0 Å². The molecule has 9 heteroatoms. The van der Waals surface area contributed by atoms with Gasteiger partial charge in [-0.2, -0.15) is 13.5 Å². The minimum atomic E-state index is -4.75. The van der Waals surface area contributed by atoms with Crippen LogP contribution in [0.25, 0.3) is 0 Å². The molecule has 0 aromatic carbocycles. The predicted octanol–water partition coefficient (Wildman–Crippen LogP) is 0.188. The summed E-state index contributed by atoms with van der Waals surface area (Å²) in [5.41, 5.74) is 3.98. The van der Waals surface area contributed by atoms with Gasteiger partial charge in [-0.05, 0) is 12.8 Å². The third-order valence-corrected chi connectivity index (χ3v) is 3.77. The van der Waals surface area contributed by atoms with Crippen molar-refractivity contribution < 1.29 is 22.4 Å². The van der Waals surface area contributed by atoms with E-state index in [1.54, 1.807) is 0 Å². The Kier molecular flexibility index (Phi) is 3.68. The third-order valence-electron chi connectivity index (χ3n) is 2.63. The van der Waals surface area contributed by atoms with Gasteiger partial charge < -0.3 is 10.9 Å². The highest BCUT2D eigenvalue weighted by atomic mass is 32.2. The number of nitrogens with zero attached hydrogens (tertiary/aromatic N) is 1. The summed E-state index contributed by atoms with van der Waals surface area (Å²) in [4.78, 5) is 0. The summed E-state index contributed by atoms with van der Waals surface area (Å²) in [6, 6.07) is 0. The minimum absolute atomic E-state index is 0.245. The first-order valence-corrected chi connectivity index (χ1v) is 6.18. The smallest absolute Gasteiger partial charge is 0.350 e. The van der Waals surface area contributed by atoms with Crippen LogP contribution in [-0.2, 0) is 10.0 Å². The molecule has 1 fully saturated rings. The van der Waals surface area contributed by atoms with E-state index < -0.39 is 21.3 Å². The Balaban J connectivity index is 2.98. The fourth-order valence-corrected chi connectivity index (χ4v) is 2.74. The average molecular weight is 257 g/mol. The zero-order chi connectivity index (χ0) is 12.4. The van der Waals surface area contributed by atoms with Gasteiger partial charge >= 0.3 is 5.76 Å². The Morgan fingerprint density at radius 2 is 1.94 bits per heavy atom. The summed E-state index contributed by atoms with van der Waals surface area (Å²) in [6.45, 7) is 0. The van der Waals surface area contributed by atoms with Crippen LogP contribution in [0.4, 0.5) is 8.78 Å². The number of rotatable bonds is 4. The maximum Gasteiger partial charge on any atom is 0.350 e. The molecular formula is C7H13F2N3O3S. The first-order valence-electron chi connectivity index (χ1n) is 4.63. The van der Waals surface area contributed by atoms with Gasteiger partial charge in [0.15, 0.2) is 5.84 Å². The van der Waals surface area contributed by atoms with Crippen molar-refractivity contribution >= 4 is 15.9 Å². The molecule has 0 aromatic rings. The lowest BCUT2D eigenvalue weighted by Gasteiger charge is -2.27. The van der Waals surface area contributed by atoms with Crippen molar-refractivity contribution in [1.82, 2.24) is 4.72 Å². The van der Waals surface area contributed by atoms with Crippen LogP contribution in [0, 0.1) is 0 Å². The van der Waals surface area contributed by atoms with Gasteiger partial charge in [0, 0.05) is 0 Å².